The van der Waals surface area contributed by atoms with E-state index in [2.05, 4.69) is 10.5 Å². The lowest BCUT2D eigenvalue weighted by Gasteiger charge is -2.14. The minimum absolute atomic E-state index is 0.0360. The van der Waals surface area contributed by atoms with Crippen LogP contribution in [0.15, 0.2) is 65.8 Å². The van der Waals surface area contributed by atoms with Crippen LogP contribution in [-0.2, 0) is 4.79 Å². The first kappa shape index (κ1) is 18.3. The van der Waals surface area contributed by atoms with Crippen LogP contribution in [-0.4, -0.2) is 30.4 Å². The summed E-state index contributed by atoms with van der Waals surface area (Å²) in [6.07, 6.45) is 0.604. The number of aromatic hydroxyl groups is 1. The van der Waals surface area contributed by atoms with E-state index in [1.807, 2.05) is 42.5 Å². The van der Waals surface area contributed by atoms with Gasteiger partial charge in [0.1, 0.15) is 17.2 Å². The Morgan fingerprint density at radius 1 is 1.15 bits per heavy atom. The summed E-state index contributed by atoms with van der Waals surface area (Å²) in [5.41, 5.74) is 2.85. The van der Waals surface area contributed by atoms with Crippen molar-refractivity contribution in [3.8, 4) is 17.2 Å². The molecule has 3 aromatic carbocycles. The Morgan fingerprint density at radius 3 is 2.74 bits per heavy atom. The molecule has 0 heterocycles. The standard InChI is InChI=1S/C21H20N2O4/c1-14(27-20-9-5-7-15-6-3-4-8-18(15)20)21(25)23-22-13-16-12-17(26-2)10-11-19(16)24/h3-14,24H,1-2H3,(H,23,25). The van der Waals surface area contributed by atoms with Crippen LogP contribution in [0, 0.1) is 0 Å². The van der Waals surface area contributed by atoms with E-state index < -0.39 is 12.0 Å². The Labute approximate surface area is 157 Å². The van der Waals surface area contributed by atoms with E-state index in [-0.39, 0.29) is 5.75 Å². The normalized spacial score (nSPS) is 12.1. The Bertz CT molecular complexity index is 980. The van der Waals surface area contributed by atoms with Gasteiger partial charge in [0.15, 0.2) is 6.10 Å². The van der Waals surface area contributed by atoms with Crippen molar-refractivity contribution in [2.24, 2.45) is 5.10 Å². The second kappa shape index (κ2) is 8.23. The van der Waals surface area contributed by atoms with Gasteiger partial charge in [-0.25, -0.2) is 5.43 Å². The van der Waals surface area contributed by atoms with Crippen LogP contribution >= 0.6 is 0 Å². The number of carbonyl (C=O) groups is 1. The molecule has 0 aliphatic carbocycles. The van der Waals surface area contributed by atoms with Crippen molar-refractivity contribution < 1.29 is 19.4 Å². The summed E-state index contributed by atoms with van der Waals surface area (Å²) in [4.78, 5) is 12.2. The van der Waals surface area contributed by atoms with E-state index in [0.717, 1.165) is 10.8 Å². The number of carbonyl (C=O) groups excluding carboxylic acids is 1. The van der Waals surface area contributed by atoms with Crippen LogP contribution in [0.5, 0.6) is 17.2 Å². The van der Waals surface area contributed by atoms with Gasteiger partial charge < -0.3 is 14.6 Å². The molecule has 1 unspecified atom stereocenters. The fourth-order valence-corrected chi connectivity index (χ4v) is 2.56. The zero-order valence-corrected chi connectivity index (χ0v) is 15.0. The summed E-state index contributed by atoms with van der Waals surface area (Å²) in [5, 5.41) is 15.7. The maximum absolute atomic E-state index is 12.2. The maximum atomic E-state index is 12.2. The van der Waals surface area contributed by atoms with Gasteiger partial charge in [-0.1, -0.05) is 36.4 Å². The topological polar surface area (TPSA) is 80.2 Å². The van der Waals surface area contributed by atoms with Gasteiger partial charge >= 0.3 is 0 Å². The molecule has 0 aromatic heterocycles. The molecule has 2 N–H and O–H groups in total. The Hall–Kier alpha value is -3.54. The average molecular weight is 364 g/mol. The number of methoxy groups -OCH3 is 1. The summed E-state index contributed by atoms with van der Waals surface area (Å²) >= 11 is 0. The predicted octanol–water partition coefficient (Wildman–Crippen LogP) is 3.47. The zero-order chi connectivity index (χ0) is 19.2. The van der Waals surface area contributed by atoms with Gasteiger partial charge in [0, 0.05) is 10.9 Å². The second-order valence-electron chi connectivity index (χ2n) is 5.90. The number of benzene rings is 3. The lowest BCUT2D eigenvalue weighted by atomic mass is 10.1. The zero-order valence-electron chi connectivity index (χ0n) is 15.0. The van der Waals surface area contributed by atoms with Crippen molar-refractivity contribution in [1.29, 1.82) is 0 Å². The van der Waals surface area contributed by atoms with Gasteiger partial charge in [0.2, 0.25) is 0 Å². The number of hydrazone groups is 1. The summed E-state index contributed by atoms with van der Waals surface area (Å²) in [7, 11) is 1.53. The Morgan fingerprint density at radius 2 is 1.93 bits per heavy atom. The number of hydrogen-bond acceptors (Lipinski definition) is 5. The van der Waals surface area contributed by atoms with Crippen LogP contribution in [0.4, 0.5) is 0 Å². The van der Waals surface area contributed by atoms with Crippen molar-refractivity contribution in [2.45, 2.75) is 13.0 Å². The lowest BCUT2D eigenvalue weighted by molar-refractivity contribution is -0.127. The largest absolute Gasteiger partial charge is 0.507 e. The molecule has 0 saturated heterocycles. The summed E-state index contributed by atoms with van der Waals surface area (Å²) < 4.78 is 10.9. The smallest absolute Gasteiger partial charge is 0.280 e. The van der Waals surface area contributed by atoms with Crippen LogP contribution < -0.4 is 14.9 Å². The van der Waals surface area contributed by atoms with Gasteiger partial charge in [0.25, 0.3) is 5.91 Å². The van der Waals surface area contributed by atoms with E-state index in [9.17, 15) is 9.90 Å². The molecule has 1 amide bonds. The summed E-state index contributed by atoms with van der Waals surface area (Å²) in [5.74, 6) is 0.842. The van der Waals surface area contributed by atoms with Gasteiger partial charge in [0.05, 0.1) is 13.3 Å². The van der Waals surface area contributed by atoms with Gasteiger partial charge in [-0.15, -0.1) is 0 Å². The number of phenols is 1. The molecular weight excluding hydrogens is 344 g/mol. The monoisotopic (exact) mass is 364 g/mol. The minimum atomic E-state index is -0.744. The van der Waals surface area contributed by atoms with Crippen LogP contribution in [0.3, 0.4) is 0 Å². The number of rotatable bonds is 6. The van der Waals surface area contributed by atoms with Crippen molar-refractivity contribution in [3.63, 3.8) is 0 Å². The van der Waals surface area contributed by atoms with Gasteiger partial charge in [-0.05, 0) is 36.6 Å². The lowest BCUT2D eigenvalue weighted by Crippen LogP contribution is -2.33. The highest BCUT2D eigenvalue weighted by Crippen LogP contribution is 2.26. The fraction of sp³-hybridized carbons (Fsp3) is 0.143. The molecule has 138 valence electrons. The second-order valence-corrected chi connectivity index (χ2v) is 5.90. The maximum Gasteiger partial charge on any atom is 0.280 e. The Kier molecular flexibility index (Phi) is 5.56. The number of nitrogens with zero attached hydrogens (tertiary/aromatic N) is 1. The number of nitrogens with one attached hydrogen (secondary N) is 1. The molecule has 1 atom stereocenters. The van der Waals surface area contributed by atoms with Crippen molar-refractivity contribution in [1.82, 2.24) is 5.43 Å². The third kappa shape index (κ3) is 4.36. The third-order valence-electron chi connectivity index (χ3n) is 4.04. The van der Waals surface area contributed by atoms with Crippen LogP contribution in [0.2, 0.25) is 0 Å². The molecule has 0 bridgehead atoms. The molecule has 0 saturated carbocycles. The highest BCUT2D eigenvalue weighted by Gasteiger charge is 2.15. The molecule has 0 radical (unpaired) electrons. The SMILES string of the molecule is COc1ccc(O)c(C=NNC(=O)C(C)Oc2cccc3ccccc23)c1. The highest BCUT2D eigenvalue weighted by molar-refractivity contribution is 5.89. The van der Waals surface area contributed by atoms with Crippen molar-refractivity contribution >= 4 is 22.9 Å². The highest BCUT2D eigenvalue weighted by atomic mass is 16.5. The van der Waals surface area contributed by atoms with E-state index >= 15 is 0 Å². The molecule has 6 heteroatoms. The fourth-order valence-electron chi connectivity index (χ4n) is 2.56. The Balaban J connectivity index is 1.66. The molecule has 3 aromatic rings. The van der Waals surface area contributed by atoms with E-state index in [1.165, 1.54) is 19.4 Å². The van der Waals surface area contributed by atoms with Crippen LogP contribution in [0.1, 0.15) is 12.5 Å². The molecule has 0 aliphatic heterocycles. The third-order valence-corrected chi connectivity index (χ3v) is 4.04. The minimum Gasteiger partial charge on any atom is -0.507 e. The number of amides is 1. The van der Waals surface area contributed by atoms with E-state index in [4.69, 9.17) is 9.47 Å². The number of hydrogen-bond donors (Lipinski definition) is 2. The average Bonchev–Trinajstić information content (AvgIpc) is 2.69. The number of ether oxygens (including phenoxy) is 2. The van der Waals surface area contributed by atoms with Crippen LogP contribution in [0.25, 0.3) is 10.8 Å². The molecule has 6 nitrogen and oxygen atoms in total. The predicted molar refractivity (Wildman–Crippen MR) is 104 cm³/mol. The molecule has 0 fully saturated rings. The van der Waals surface area contributed by atoms with E-state index in [0.29, 0.717) is 17.1 Å². The molecular formula is C21H20N2O4. The molecule has 27 heavy (non-hydrogen) atoms. The molecule has 0 spiro atoms. The summed E-state index contributed by atoms with van der Waals surface area (Å²) in [6.45, 7) is 1.65. The van der Waals surface area contributed by atoms with Gasteiger partial charge in [-0.3, -0.25) is 4.79 Å². The number of phenolic OH excluding ortho intramolecular Hbond substituents is 1. The molecule has 0 aliphatic rings. The number of fused-ring (bicyclic) bond motifs is 1. The first-order valence-corrected chi connectivity index (χ1v) is 8.43. The van der Waals surface area contributed by atoms with Crippen molar-refractivity contribution in [2.75, 3.05) is 7.11 Å². The quantitative estimate of drug-likeness (QED) is 0.518. The first-order valence-electron chi connectivity index (χ1n) is 8.43. The van der Waals surface area contributed by atoms with Gasteiger partial charge in [-0.2, -0.15) is 5.10 Å². The first-order chi connectivity index (χ1) is 13.1. The molecule has 3 rings (SSSR count). The summed E-state index contributed by atoms with van der Waals surface area (Å²) in [6, 6.07) is 18.2. The van der Waals surface area contributed by atoms with Crippen molar-refractivity contribution in [3.05, 3.63) is 66.2 Å². The van der Waals surface area contributed by atoms with E-state index in [1.54, 1.807) is 19.1 Å².